The highest BCUT2D eigenvalue weighted by molar-refractivity contribution is 7.50. The number of nitro groups is 1. The van der Waals surface area contributed by atoms with Gasteiger partial charge in [-0.05, 0) is 25.0 Å². The molecule has 140 valence electrons. The summed E-state index contributed by atoms with van der Waals surface area (Å²) >= 11 is 0. The minimum Gasteiger partial charge on any atom is -0.779 e. The first-order valence-corrected chi connectivity index (χ1v) is 9.63. The van der Waals surface area contributed by atoms with Gasteiger partial charge in [-0.1, -0.05) is 6.07 Å². The summed E-state index contributed by atoms with van der Waals surface area (Å²) in [6.45, 7) is 2.83. The van der Waals surface area contributed by atoms with Crippen molar-refractivity contribution in [1.82, 2.24) is 5.32 Å². The van der Waals surface area contributed by atoms with Gasteiger partial charge in [0.25, 0.3) is 5.69 Å². The number of methoxy groups -OCH3 is 1. The van der Waals surface area contributed by atoms with Gasteiger partial charge in [0.1, 0.15) is 7.60 Å². The third kappa shape index (κ3) is 7.74. The van der Waals surface area contributed by atoms with Gasteiger partial charge in [-0.25, -0.2) is 0 Å². The molecule has 1 amide bonds. The second-order valence-corrected chi connectivity index (χ2v) is 7.31. The SMILES string of the molecule is COC(C)c1cc(CNC(=O)CCCOP(C)(=O)[O-])ccc1[N+](=O)[O-]. The molecule has 0 aliphatic carbocycles. The van der Waals surface area contributed by atoms with E-state index < -0.39 is 18.6 Å². The molecule has 0 spiro atoms. The van der Waals surface area contributed by atoms with Crippen molar-refractivity contribution in [2.75, 3.05) is 20.4 Å². The Balaban J connectivity index is 2.58. The van der Waals surface area contributed by atoms with Crippen LogP contribution in [-0.2, 0) is 25.2 Å². The van der Waals surface area contributed by atoms with Crippen LogP contribution in [0.15, 0.2) is 18.2 Å². The van der Waals surface area contributed by atoms with E-state index >= 15 is 0 Å². The van der Waals surface area contributed by atoms with E-state index in [2.05, 4.69) is 9.84 Å². The lowest BCUT2D eigenvalue weighted by atomic mass is 10.0. The third-order valence-electron chi connectivity index (χ3n) is 3.44. The molecule has 1 N–H and O–H groups in total. The monoisotopic (exact) mass is 373 g/mol. The summed E-state index contributed by atoms with van der Waals surface area (Å²) in [5, 5.41) is 13.7. The summed E-state index contributed by atoms with van der Waals surface area (Å²) < 4.78 is 20.5. The van der Waals surface area contributed by atoms with Crippen molar-refractivity contribution in [3.8, 4) is 0 Å². The van der Waals surface area contributed by atoms with Gasteiger partial charge < -0.3 is 24.0 Å². The van der Waals surface area contributed by atoms with Crippen molar-refractivity contribution in [3.05, 3.63) is 39.4 Å². The zero-order valence-corrected chi connectivity index (χ0v) is 15.3. The number of nitro benzene ring substituents is 1. The van der Waals surface area contributed by atoms with Gasteiger partial charge in [0.2, 0.25) is 5.91 Å². The maximum absolute atomic E-state index is 11.7. The lowest BCUT2D eigenvalue weighted by Gasteiger charge is -2.17. The Morgan fingerprint density at radius 2 is 2.12 bits per heavy atom. The van der Waals surface area contributed by atoms with Crippen molar-refractivity contribution >= 4 is 19.2 Å². The van der Waals surface area contributed by atoms with Crippen molar-refractivity contribution in [1.29, 1.82) is 0 Å². The predicted octanol–water partition coefficient (Wildman–Crippen LogP) is 1.90. The zero-order valence-electron chi connectivity index (χ0n) is 14.4. The number of carbonyl (C=O) groups is 1. The molecule has 0 saturated carbocycles. The van der Waals surface area contributed by atoms with Crippen LogP contribution < -0.4 is 10.2 Å². The van der Waals surface area contributed by atoms with Gasteiger partial charge in [0, 0.05) is 32.8 Å². The van der Waals surface area contributed by atoms with Crippen molar-refractivity contribution in [2.45, 2.75) is 32.4 Å². The predicted molar refractivity (Wildman–Crippen MR) is 89.1 cm³/mol. The minimum absolute atomic E-state index is 0.0387. The van der Waals surface area contributed by atoms with E-state index in [1.807, 2.05) is 0 Å². The summed E-state index contributed by atoms with van der Waals surface area (Å²) in [5.41, 5.74) is 1.09. The molecule has 2 unspecified atom stereocenters. The molecule has 1 rings (SSSR count). The highest BCUT2D eigenvalue weighted by Crippen LogP contribution is 2.31. The highest BCUT2D eigenvalue weighted by Gasteiger charge is 2.19. The maximum atomic E-state index is 11.7. The van der Waals surface area contributed by atoms with Crippen LogP contribution in [0, 0.1) is 10.1 Å². The summed E-state index contributed by atoms with van der Waals surface area (Å²) in [6, 6.07) is 4.58. The van der Waals surface area contributed by atoms with Gasteiger partial charge in [-0.3, -0.25) is 14.9 Å². The second-order valence-electron chi connectivity index (χ2n) is 5.51. The Bertz CT molecular complexity index is 659. The second kappa shape index (κ2) is 9.62. The Hall–Kier alpha value is -1.80. The van der Waals surface area contributed by atoms with Crippen LogP contribution >= 0.6 is 7.60 Å². The van der Waals surface area contributed by atoms with E-state index in [-0.39, 0.29) is 37.6 Å². The van der Waals surface area contributed by atoms with E-state index in [4.69, 9.17) is 4.74 Å². The van der Waals surface area contributed by atoms with Crippen molar-refractivity contribution in [3.63, 3.8) is 0 Å². The molecular formula is C15H22N2O7P-. The molecule has 2 atom stereocenters. The fourth-order valence-corrected chi connectivity index (χ4v) is 2.55. The smallest absolute Gasteiger partial charge is 0.275 e. The number of amides is 1. The number of nitrogens with zero attached hydrogens (tertiary/aromatic N) is 1. The Morgan fingerprint density at radius 1 is 1.44 bits per heavy atom. The number of carbonyl (C=O) groups excluding carboxylic acids is 1. The quantitative estimate of drug-likeness (QED) is 0.287. The number of ether oxygens (including phenoxy) is 1. The average molecular weight is 373 g/mol. The first-order valence-electron chi connectivity index (χ1n) is 7.64. The van der Waals surface area contributed by atoms with Gasteiger partial charge in [-0.2, -0.15) is 0 Å². The minimum atomic E-state index is -3.77. The van der Waals surface area contributed by atoms with E-state index in [1.165, 1.54) is 13.2 Å². The number of benzene rings is 1. The zero-order chi connectivity index (χ0) is 19.0. The molecule has 0 fully saturated rings. The van der Waals surface area contributed by atoms with Crippen LogP contribution in [0.25, 0.3) is 0 Å². The standard InChI is InChI=1S/C15H23N2O7P/c1-11(23-2)13-9-12(6-7-14(13)17(19)20)10-16-15(18)5-4-8-24-25(3,21)22/h6-7,9,11H,4-5,8,10H2,1-3H3,(H,16,18)(H,21,22)/p-1. The number of hydrogen-bond acceptors (Lipinski definition) is 7. The van der Waals surface area contributed by atoms with Gasteiger partial charge in [0.15, 0.2) is 0 Å². The summed E-state index contributed by atoms with van der Waals surface area (Å²) in [6.07, 6.45) is -0.0584. The van der Waals surface area contributed by atoms with E-state index in [0.29, 0.717) is 11.1 Å². The Labute approximate surface area is 146 Å². The summed E-state index contributed by atoms with van der Waals surface area (Å²) in [5.74, 6) is -0.264. The van der Waals surface area contributed by atoms with Crippen LogP contribution in [0.4, 0.5) is 5.69 Å². The number of hydrogen-bond donors (Lipinski definition) is 1. The average Bonchev–Trinajstić information content (AvgIpc) is 2.54. The van der Waals surface area contributed by atoms with E-state index in [9.17, 15) is 24.4 Å². The third-order valence-corrected chi connectivity index (χ3v) is 4.10. The van der Waals surface area contributed by atoms with Crippen LogP contribution in [0.5, 0.6) is 0 Å². The molecule has 9 nitrogen and oxygen atoms in total. The molecular weight excluding hydrogens is 351 g/mol. The molecule has 0 aliphatic heterocycles. The molecule has 0 aromatic heterocycles. The molecule has 0 aliphatic rings. The first kappa shape index (κ1) is 21.2. The van der Waals surface area contributed by atoms with E-state index in [0.717, 1.165) is 6.66 Å². The lowest BCUT2D eigenvalue weighted by molar-refractivity contribution is -0.386. The molecule has 25 heavy (non-hydrogen) atoms. The number of rotatable bonds is 10. The normalized spacial score (nSPS) is 14.6. The molecule has 0 heterocycles. The van der Waals surface area contributed by atoms with Gasteiger partial charge >= 0.3 is 0 Å². The summed E-state index contributed by atoms with van der Waals surface area (Å²) in [4.78, 5) is 33.2. The van der Waals surface area contributed by atoms with Gasteiger partial charge in [0.05, 0.1) is 23.2 Å². The van der Waals surface area contributed by atoms with Crippen LogP contribution in [0.2, 0.25) is 0 Å². The first-order chi connectivity index (χ1) is 11.6. The lowest BCUT2D eigenvalue weighted by Crippen LogP contribution is -2.23. The van der Waals surface area contributed by atoms with Crippen molar-refractivity contribution in [2.24, 2.45) is 0 Å². The molecule has 0 saturated heterocycles. The largest absolute Gasteiger partial charge is 0.779 e. The molecule has 0 radical (unpaired) electrons. The molecule has 10 heteroatoms. The molecule has 0 bridgehead atoms. The van der Waals surface area contributed by atoms with Crippen LogP contribution in [0.3, 0.4) is 0 Å². The van der Waals surface area contributed by atoms with Crippen LogP contribution in [0.1, 0.15) is 37.0 Å². The summed E-state index contributed by atoms with van der Waals surface area (Å²) in [7, 11) is -2.31. The van der Waals surface area contributed by atoms with Crippen molar-refractivity contribution < 1.29 is 28.4 Å². The van der Waals surface area contributed by atoms with Crippen LogP contribution in [-0.4, -0.2) is 31.2 Å². The maximum Gasteiger partial charge on any atom is 0.275 e. The molecule has 1 aromatic rings. The van der Waals surface area contributed by atoms with Gasteiger partial charge in [-0.15, -0.1) is 0 Å². The Morgan fingerprint density at radius 3 is 2.68 bits per heavy atom. The van der Waals surface area contributed by atoms with E-state index in [1.54, 1.807) is 19.1 Å². The molecule has 1 aromatic carbocycles. The fraction of sp³-hybridized carbons (Fsp3) is 0.533. The fourth-order valence-electron chi connectivity index (χ4n) is 2.08. The Kier molecular flexibility index (Phi) is 8.18. The topological polar surface area (TPSA) is 131 Å². The number of nitrogens with one attached hydrogen (secondary N) is 1. The highest BCUT2D eigenvalue weighted by atomic mass is 31.2.